The first-order valence-corrected chi connectivity index (χ1v) is 8.71. The monoisotopic (exact) mass is 336 g/mol. The molecule has 5 heteroatoms. The Kier molecular flexibility index (Phi) is 6.08. The SMILES string of the molecule is Cc1cc(C(=O)OCC(=O)O[C@H]2C[C@H](C)CC[C@H]2C(C)C)c(C)o1. The fourth-order valence-corrected chi connectivity index (χ4v) is 3.49. The zero-order valence-corrected chi connectivity index (χ0v) is 15.3. The van der Waals surface area contributed by atoms with Gasteiger partial charge in [0.1, 0.15) is 23.2 Å². The minimum atomic E-state index is -0.557. The molecule has 1 fully saturated rings. The first kappa shape index (κ1) is 18.6. The van der Waals surface area contributed by atoms with Gasteiger partial charge < -0.3 is 13.9 Å². The zero-order valence-electron chi connectivity index (χ0n) is 15.3. The summed E-state index contributed by atoms with van der Waals surface area (Å²) >= 11 is 0. The molecule has 0 spiro atoms. The highest BCUT2D eigenvalue weighted by Crippen LogP contribution is 2.35. The van der Waals surface area contributed by atoms with Gasteiger partial charge in [-0.2, -0.15) is 0 Å². The standard InChI is InChI=1S/C19H28O5/c1-11(2)15-7-6-12(3)8-17(15)24-18(20)10-22-19(21)16-9-13(4)23-14(16)5/h9,11-12,15,17H,6-8,10H2,1-5H3/t12-,15+,17+/m1/s1. The van der Waals surface area contributed by atoms with Crippen molar-refractivity contribution in [3.63, 3.8) is 0 Å². The highest BCUT2D eigenvalue weighted by Gasteiger charge is 2.33. The molecule has 0 aliphatic heterocycles. The summed E-state index contributed by atoms with van der Waals surface area (Å²) in [4.78, 5) is 24.1. The highest BCUT2D eigenvalue weighted by atomic mass is 16.6. The van der Waals surface area contributed by atoms with E-state index in [1.54, 1.807) is 19.9 Å². The minimum Gasteiger partial charge on any atom is -0.466 e. The van der Waals surface area contributed by atoms with Crippen molar-refractivity contribution in [3.05, 3.63) is 23.2 Å². The Morgan fingerprint density at radius 2 is 2.00 bits per heavy atom. The molecule has 1 aromatic rings. The van der Waals surface area contributed by atoms with Gasteiger partial charge in [0.15, 0.2) is 6.61 Å². The number of rotatable bonds is 5. The van der Waals surface area contributed by atoms with Gasteiger partial charge in [0, 0.05) is 0 Å². The molecule has 0 saturated heterocycles. The Morgan fingerprint density at radius 1 is 1.29 bits per heavy atom. The van der Waals surface area contributed by atoms with Crippen LogP contribution in [0.3, 0.4) is 0 Å². The fourth-order valence-electron chi connectivity index (χ4n) is 3.49. The van der Waals surface area contributed by atoms with Gasteiger partial charge in [0.2, 0.25) is 0 Å². The van der Waals surface area contributed by atoms with E-state index in [2.05, 4.69) is 20.8 Å². The van der Waals surface area contributed by atoms with Crippen LogP contribution in [0, 0.1) is 31.6 Å². The number of carbonyl (C=O) groups is 2. The van der Waals surface area contributed by atoms with Crippen LogP contribution in [0.2, 0.25) is 0 Å². The summed E-state index contributed by atoms with van der Waals surface area (Å²) in [6, 6.07) is 1.61. The summed E-state index contributed by atoms with van der Waals surface area (Å²) in [6.07, 6.45) is 3.04. The second-order valence-corrected chi connectivity index (χ2v) is 7.26. The molecule has 1 aromatic heterocycles. The van der Waals surface area contributed by atoms with Crippen LogP contribution in [0.5, 0.6) is 0 Å². The lowest BCUT2D eigenvalue weighted by Gasteiger charge is -2.36. The van der Waals surface area contributed by atoms with Gasteiger partial charge in [-0.15, -0.1) is 0 Å². The molecule has 0 amide bonds. The Hall–Kier alpha value is -1.78. The van der Waals surface area contributed by atoms with Crippen LogP contribution in [0.25, 0.3) is 0 Å². The molecular formula is C19H28O5. The van der Waals surface area contributed by atoms with Gasteiger partial charge in [0.25, 0.3) is 0 Å². The summed E-state index contributed by atoms with van der Waals surface area (Å²) in [5, 5.41) is 0. The largest absolute Gasteiger partial charge is 0.466 e. The quantitative estimate of drug-likeness (QED) is 0.759. The number of ether oxygens (including phenoxy) is 2. The van der Waals surface area contributed by atoms with E-state index in [4.69, 9.17) is 13.9 Å². The van der Waals surface area contributed by atoms with Crippen molar-refractivity contribution in [1.29, 1.82) is 0 Å². The summed E-state index contributed by atoms with van der Waals surface area (Å²) in [6.45, 7) is 9.59. The molecule has 2 rings (SSSR count). The normalized spacial score (nSPS) is 24.0. The molecule has 3 atom stereocenters. The molecule has 1 aliphatic carbocycles. The lowest BCUT2D eigenvalue weighted by molar-refractivity contribution is -0.159. The summed E-state index contributed by atoms with van der Waals surface area (Å²) in [7, 11) is 0. The fraction of sp³-hybridized carbons (Fsp3) is 0.684. The van der Waals surface area contributed by atoms with Crippen LogP contribution in [-0.2, 0) is 14.3 Å². The van der Waals surface area contributed by atoms with Crippen LogP contribution >= 0.6 is 0 Å². The summed E-state index contributed by atoms with van der Waals surface area (Å²) < 4.78 is 16.0. The van der Waals surface area contributed by atoms with Gasteiger partial charge in [-0.25, -0.2) is 9.59 Å². The Bertz CT molecular complexity index is 587. The molecule has 1 heterocycles. The second-order valence-electron chi connectivity index (χ2n) is 7.26. The molecule has 24 heavy (non-hydrogen) atoms. The van der Waals surface area contributed by atoms with E-state index in [1.165, 1.54) is 6.42 Å². The van der Waals surface area contributed by atoms with E-state index in [0.717, 1.165) is 12.8 Å². The van der Waals surface area contributed by atoms with Crippen LogP contribution in [0.1, 0.15) is 61.9 Å². The van der Waals surface area contributed by atoms with E-state index in [-0.39, 0.29) is 12.7 Å². The molecule has 1 aliphatic rings. The van der Waals surface area contributed by atoms with Crippen molar-refractivity contribution in [1.82, 2.24) is 0 Å². The smallest absolute Gasteiger partial charge is 0.344 e. The average Bonchev–Trinajstić information content (AvgIpc) is 2.83. The maximum absolute atomic E-state index is 12.1. The Labute approximate surface area is 143 Å². The van der Waals surface area contributed by atoms with Crippen LogP contribution < -0.4 is 0 Å². The van der Waals surface area contributed by atoms with Crippen LogP contribution in [0.15, 0.2) is 10.5 Å². The van der Waals surface area contributed by atoms with E-state index in [0.29, 0.717) is 34.8 Å². The number of aryl methyl sites for hydroxylation is 2. The Balaban J connectivity index is 1.88. The molecule has 5 nitrogen and oxygen atoms in total. The third-order valence-electron chi connectivity index (χ3n) is 4.83. The molecule has 0 radical (unpaired) electrons. The summed E-state index contributed by atoms with van der Waals surface area (Å²) in [5.41, 5.74) is 0.353. The highest BCUT2D eigenvalue weighted by molar-refractivity contribution is 5.91. The zero-order chi connectivity index (χ0) is 17.9. The van der Waals surface area contributed by atoms with Crippen molar-refractivity contribution in [2.24, 2.45) is 17.8 Å². The van der Waals surface area contributed by atoms with Crippen molar-refractivity contribution >= 4 is 11.9 Å². The predicted octanol–water partition coefficient (Wildman–Crippen LogP) is 4.06. The van der Waals surface area contributed by atoms with Crippen molar-refractivity contribution < 1.29 is 23.5 Å². The van der Waals surface area contributed by atoms with Gasteiger partial charge in [-0.3, -0.25) is 0 Å². The number of hydrogen-bond donors (Lipinski definition) is 0. The van der Waals surface area contributed by atoms with E-state index >= 15 is 0 Å². The number of furan rings is 1. The van der Waals surface area contributed by atoms with Crippen LogP contribution in [-0.4, -0.2) is 24.6 Å². The van der Waals surface area contributed by atoms with Crippen LogP contribution in [0.4, 0.5) is 0 Å². The number of esters is 2. The molecule has 134 valence electrons. The molecule has 0 aromatic carbocycles. The van der Waals surface area contributed by atoms with E-state index in [1.807, 2.05) is 0 Å². The Morgan fingerprint density at radius 3 is 2.58 bits per heavy atom. The molecular weight excluding hydrogens is 308 g/mol. The van der Waals surface area contributed by atoms with Crippen molar-refractivity contribution in [2.75, 3.05) is 6.61 Å². The third-order valence-corrected chi connectivity index (χ3v) is 4.83. The average molecular weight is 336 g/mol. The van der Waals surface area contributed by atoms with Gasteiger partial charge in [-0.05, 0) is 50.5 Å². The molecule has 0 bridgehead atoms. The van der Waals surface area contributed by atoms with Gasteiger partial charge in [0.05, 0.1) is 0 Å². The first-order valence-electron chi connectivity index (χ1n) is 8.71. The first-order chi connectivity index (χ1) is 11.3. The lowest BCUT2D eigenvalue weighted by atomic mass is 9.75. The van der Waals surface area contributed by atoms with Gasteiger partial charge >= 0.3 is 11.9 Å². The van der Waals surface area contributed by atoms with Gasteiger partial charge in [-0.1, -0.05) is 27.2 Å². The lowest BCUT2D eigenvalue weighted by Crippen LogP contribution is -2.36. The molecule has 0 unspecified atom stereocenters. The van der Waals surface area contributed by atoms with Crippen molar-refractivity contribution in [2.45, 2.75) is 60.0 Å². The van der Waals surface area contributed by atoms with E-state index < -0.39 is 11.9 Å². The molecule has 1 saturated carbocycles. The third kappa shape index (κ3) is 4.62. The second kappa shape index (κ2) is 7.86. The maximum Gasteiger partial charge on any atom is 0.344 e. The van der Waals surface area contributed by atoms with E-state index in [9.17, 15) is 9.59 Å². The minimum absolute atomic E-state index is 0.0853. The predicted molar refractivity (Wildman–Crippen MR) is 89.7 cm³/mol. The maximum atomic E-state index is 12.1. The number of hydrogen-bond acceptors (Lipinski definition) is 5. The molecule has 0 N–H and O–H groups in total. The topological polar surface area (TPSA) is 65.7 Å². The summed E-state index contributed by atoms with van der Waals surface area (Å²) in [5.74, 6) is 1.49. The van der Waals surface area contributed by atoms with Crippen molar-refractivity contribution in [3.8, 4) is 0 Å². The number of carbonyl (C=O) groups excluding carboxylic acids is 2.